The Kier molecular flexibility index (Phi) is 3.53. The van der Waals surface area contributed by atoms with Gasteiger partial charge in [0.1, 0.15) is 0 Å². The first kappa shape index (κ1) is 10.8. The lowest BCUT2D eigenvalue weighted by atomic mass is 10.1. The van der Waals surface area contributed by atoms with Gasteiger partial charge in [0.05, 0.1) is 11.9 Å². The van der Waals surface area contributed by atoms with Crippen LogP contribution in [0.5, 0.6) is 0 Å². The number of thioether (sulfide) groups is 1. The van der Waals surface area contributed by atoms with Gasteiger partial charge in [-0.3, -0.25) is 0 Å². The third kappa shape index (κ3) is 2.89. The predicted octanol–water partition coefficient (Wildman–Crippen LogP) is 1.88. The molecule has 0 aromatic carbocycles. The van der Waals surface area contributed by atoms with Crippen molar-refractivity contribution in [1.29, 1.82) is 0 Å². The van der Waals surface area contributed by atoms with E-state index in [9.17, 15) is 0 Å². The van der Waals surface area contributed by atoms with Gasteiger partial charge in [-0.25, -0.2) is 4.98 Å². The van der Waals surface area contributed by atoms with Crippen molar-refractivity contribution in [2.24, 2.45) is 5.92 Å². The normalized spacial score (nSPS) is 20.5. The van der Waals surface area contributed by atoms with Crippen molar-refractivity contribution in [1.82, 2.24) is 9.97 Å². The Morgan fingerprint density at radius 1 is 1.67 bits per heavy atom. The molecule has 0 spiro atoms. The van der Waals surface area contributed by atoms with Gasteiger partial charge in [0.25, 0.3) is 0 Å². The van der Waals surface area contributed by atoms with Crippen LogP contribution >= 0.6 is 23.4 Å². The fourth-order valence-electron chi connectivity index (χ4n) is 1.50. The van der Waals surface area contributed by atoms with E-state index in [0.29, 0.717) is 17.4 Å². The Balaban J connectivity index is 1.94. The summed E-state index contributed by atoms with van der Waals surface area (Å²) in [6.45, 7) is 0.907. The lowest BCUT2D eigenvalue weighted by Crippen LogP contribution is -2.15. The van der Waals surface area contributed by atoms with Crippen LogP contribution in [0.1, 0.15) is 6.42 Å². The minimum atomic E-state index is 0.229. The second-order valence-electron chi connectivity index (χ2n) is 3.55. The molecule has 6 heteroatoms. The first-order valence-electron chi connectivity index (χ1n) is 4.85. The molecule has 2 rings (SSSR count). The Bertz CT molecular complexity index is 341. The Hall–Kier alpha value is -0.680. The second kappa shape index (κ2) is 4.90. The molecule has 0 bridgehead atoms. The number of halogens is 1. The number of nitrogens with zero attached hydrogens (tertiary/aromatic N) is 2. The molecule has 4 nitrogen and oxygen atoms in total. The van der Waals surface area contributed by atoms with Crippen LogP contribution in [0, 0.1) is 5.92 Å². The lowest BCUT2D eigenvalue weighted by Gasteiger charge is -2.11. The molecule has 15 heavy (non-hydrogen) atoms. The van der Waals surface area contributed by atoms with Crippen LogP contribution < -0.4 is 11.1 Å². The van der Waals surface area contributed by atoms with Crippen LogP contribution in [0.4, 0.5) is 11.5 Å². The number of aromatic nitrogens is 2. The largest absolute Gasteiger partial charge is 0.394 e. The number of hydrogen-bond acceptors (Lipinski definition) is 5. The number of nitrogen functional groups attached to an aromatic ring is 1. The van der Waals surface area contributed by atoms with E-state index >= 15 is 0 Å². The third-order valence-electron chi connectivity index (χ3n) is 2.37. The number of nitrogens with one attached hydrogen (secondary N) is 1. The highest BCUT2D eigenvalue weighted by atomic mass is 35.5. The van der Waals surface area contributed by atoms with E-state index in [1.807, 2.05) is 11.8 Å². The molecule has 1 fully saturated rings. The first-order valence-corrected chi connectivity index (χ1v) is 6.38. The topological polar surface area (TPSA) is 63.8 Å². The van der Waals surface area contributed by atoms with Gasteiger partial charge in [-0.05, 0) is 35.4 Å². The molecule has 3 N–H and O–H groups in total. The summed E-state index contributed by atoms with van der Waals surface area (Å²) in [6, 6.07) is 0. The summed E-state index contributed by atoms with van der Waals surface area (Å²) in [7, 11) is 0. The molecular weight excluding hydrogens is 232 g/mol. The highest BCUT2D eigenvalue weighted by molar-refractivity contribution is 7.99. The number of nitrogens with two attached hydrogens (primary N) is 1. The van der Waals surface area contributed by atoms with E-state index in [2.05, 4.69) is 15.3 Å². The average molecular weight is 245 g/mol. The molecule has 1 aromatic heterocycles. The second-order valence-corrected chi connectivity index (χ2v) is 5.04. The minimum Gasteiger partial charge on any atom is -0.394 e. The average Bonchev–Trinajstić information content (AvgIpc) is 2.72. The van der Waals surface area contributed by atoms with Crippen LogP contribution in [0.15, 0.2) is 6.20 Å². The maximum absolute atomic E-state index is 5.72. The molecule has 1 aliphatic rings. The maximum Gasteiger partial charge on any atom is 0.224 e. The van der Waals surface area contributed by atoms with Crippen molar-refractivity contribution in [3.63, 3.8) is 0 Å². The van der Waals surface area contributed by atoms with Gasteiger partial charge in [0.2, 0.25) is 5.28 Å². The van der Waals surface area contributed by atoms with Crippen molar-refractivity contribution in [2.45, 2.75) is 6.42 Å². The van der Waals surface area contributed by atoms with Crippen molar-refractivity contribution >= 4 is 34.9 Å². The molecule has 0 amide bonds. The fraction of sp³-hybridized carbons (Fsp3) is 0.556. The van der Waals surface area contributed by atoms with E-state index < -0.39 is 0 Å². The van der Waals surface area contributed by atoms with E-state index in [1.165, 1.54) is 24.1 Å². The molecule has 1 unspecified atom stereocenters. The first-order chi connectivity index (χ1) is 7.25. The number of rotatable bonds is 3. The molecule has 82 valence electrons. The molecular formula is C9H13ClN4S. The van der Waals surface area contributed by atoms with Crippen LogP contribution in [0.2, 0.25) is 5.28 Å². The van der Waals surface area contributed by atoms with E-state index in [4.69, 9.17) is 17.3 Å². The molecule has 0 saturated carbocycles. The Morgan fingerprint density at radius 3 is 3.27 bits per heavy atom. The van der Waals surface area contributed by atoms with Crippen molar-refractivity contribution in [3.05, 3.63) is 11.5 Å². The zero-order valence-electron chi connectivity index (χ0n) is 8.24. The van der Waals surface area contributed by atoms with Gasteiger partial charge in [-0.1, -0.05) is 0 Å². The van der Waals surface area contributed by atoms with Crippen LogP contribution in [0.25, 0.3) is 0 Å². The number of hydrogen-bond donors (Lipinski definition) is 2. The highest BCUT2D eigenvalue weighted by Gasteiger charge is 2.15. The van der Waals surface area contributed by atoms with E-state index in [1.54, 1.807) is 0 Å². The number of anilines is 2. The molecule has 1 saturated heterocycles. The summed E-state index contributed by atoms with van der Waals surface area (Å²) >= 11 is 7.68. The van der Waals surface area contributed by atoms with Crippen LogP contribution in [-0.2, 0) is 0 Å². The maximum atomic E-state index is 5.72. The molecule has 1 atom stereocenters. The minimum absolute atomic E-state index is 0.229. The van der Waals surface area contributed by atoms with Gasteiger partial charge >= 0.3 is 0 Å². The van der Waals surface area contributed by atoms with Gasteiger partial charge in [0.15, 0.2) is 5.82 Å². The van der Waals surface area contributed by atoms with Gasteiger partial charge in [0, 0.05) is 6.54 Å². The van der Waals surface area contributed by atoms with Gasteiger partial charge in [-0.15, -0.1) is 0 Å². The van der Waals surface area contributed by atoms with Gasteiger partial charge in [-0.2, -0.15) is 16.7 Å². The molecule has 2 heterocycles. The van der Waals surface area contributed by atoms with Crippen molar-refractivity contribution in [2.75, 3.05) is 29.1 Å². The highest BCUT2D eigenvalue weighted by Crippen LogP contribution is 2.24. The summed E-state index contributed by atoms with van der Waals surface area (Å²) < 4.78 is 0. The molecule has 0 radical (unpaired) electrons. The van der Waals surface area contributed by atoms with E-state index in [0.717, 1.165) is 6.54 Å². The van der Waals surface area contributed by atoms with Gasteiger partial charge < -0.3 is 11.1 Å². The third-order valence-corrected chi connectivity index (χ3v) is 3.78. The SMILES string of the molecule is Nc1cnc(Cl)nc1NCC1CCSC1. The Labute approximate surface area is 98.0 Å². The smallest absolute Gasteiger partial charge is 0.224 e. The summed E-state index contributed by atoms with van der Waals surface area (Å²) in [5, 5.41) is 3.45. The quantitative estimate of drug-likeness (QED) is 0.795. The summed E-state index contributed by atoms with van der Waals surface area (Å²) in [5.41, 5.74) is 6.27. The Morgan fingerprint density at radius 2 is 2.53 bits per heavy atom. The zero-order valence-corrected chi connectivity index (χ0v) is 9.81. The zero-order chi connectivity index (χ0) is 10.7. The summed E-state index contributed by atoms with van der Waals surface area (Å²) in [6.07, 6.45) is 2.79. The standard InChI is InChI=1S/C9H13ClN4S/c10-9-13-4-7(11)8(14-9)12-3-6-1-2-15-5-6/h4,6H,1-3,5,11H2,(H,12,13,14). The molecule has 0 aliphatic carbocycles. The molecule has 1 aromatic rings. The molecule has 1 aliphatic heterocycles. The van der Waals surface area contributed by atoms with Crippen molar-refractivity contribution < 1.29 is 0 Å². The predicted molar refractivity (Wildman–Crippen MR) is 65.4 cm³/mol. The monoisotopic (exact) mass is 244 g/mol. The lowest BCUT2D eigenvalue weighted by molar-refractivity contribution is 0.630. The summed E-state index contributed by atoms with van der Waals surface area (Å²) in [4.78, 5) is 7.85. The van der Waals surface area contributed by atoms with Crippen LogP contribution in [0.3, 0.4) is 0 Å². The van der Waals surface area contributed by atoms with E-state index in [-0.39, 0.29) is 5.28 Å². The van der Waals surface area contributed by atoms with Crippen molar-refractivity contribution in [3.8, 4) is 0 Å². The van der Waals surface area contributed by atoms with Crippen LogP contribution in [-0.4, -0.2) is 28.0 Å². The summed E-state index contributed by atoms with van der Waals surface area (Å²) in [5.74, 6) is 3.83. The fourth-order valence-corrected chi connectivity index (χ4v) is 2.91.